The molecule has 4 aromatic rings. The molecule has 1 fully saturated rings. The third kappa shape index (κ3) is 5.20. The lowest BCUT2D eigenvalue weighted by Crippen LogP contribution is -2.30. The van der Waals surface area contributed by atoms with Crippen molar-refractivity contribution in [1.29, 1.82) is 0 Å². The molecule has 0 spiro atoms. The van der Waals surface area contributed by atoms with Gasteiger partial charge in [-0.15, -0.1) is 0 Å². The van der Waals surface area contributed by atoms with Crippen molar-refractivity contribution in [2.45, 2.75) is 38.3 Å². The van der Waals surface area contributed by atoms with Crippen LogP contribution >= 0.6 is 0 Å². The zero-order chi connectivity index (χ0) is 27.0. The van der Waals surface area contributed by atoms with Gasteiger partial charge in [0.15, 0.2) is 5.67 Å². The summed E-state index contributed by atoms with van der Waals surface area (Å²) in [6, 6.07) is 13.1. The zero-order valence-corrected chi connectivity index (χ0v) is 22.0. The number of nitrogens with one attached hydrogen (secondary N) is 1. The maximum Gasteiger partial charge on any atom is 0.251 e. The number of ether oxygens (including phenoxy) is 2. The number of alkyl halides is 1. The maximum atomic E-state index is 14.9. The summed E-state index contributed by atoms with van der Waals surface area (Å²) in [5, 5.41) is 4.89. The largest absolute Gasteiger partial charge is 0.380 e. The molecule has 39 heavy (non-hydrogen) atoms. The zero-order valence-electron chi connectivity index (χ0n) is 22.0. The SMILES string of the molecule is CO[C@H]1CCN(c2cncc(-c3ccc4cnc(CNC(=O)c5ccc6c(c5)[C@](C)(F)COC6)cc4c3)n2)C1. The number of aromatic nitrogens is 3. The van der Waals surface area contributed by atoms with E-state index in [9.17, 15) is 9.18 Å². The van der Waals surface area contributed by atoms with Gasteiger partial charge in [-0.1, -0.05) is 18.2 Å². The molecule has 1 N–H and O–H groups in total. The molecule has 0 radical (unpaired) electrons. The Morgan fingerprint density at radius 2 is 2.08 bits per heavy atom. The molecule has 2 atom stereocenters. The Labute approximate surface area is 226 Å². The van der Waals surface area contributed by atoms with E-state index in [4.69, 9.17) is 14.5 Å². The van der Waals surface area contributed by atoms with Crippen LogP contribution in [0.15, 0.2) is 61.1 Å². The smallest absolute Gasteiger partial charge is 0.251 e. The van der Waals surface area contributed by atoms with Gasteiger partial charge in [-0.3, -0.25) is 14.8 Å². The number of rotatable bonds is 6. The number of hydrogen-bond acceptors (Lipinski definition) is 7. The highest BCUT2D eigenvalue weighted by Gasteiger charge is 2.33. The molecule has 0 unspecified atom stereocenters. The van der Waals surface area contributed by atoms with E-state index < -0.39 is 5.67 Å². The first-order chi connectivity index (χ1) is 18.9. The van der Waals surface area contributed by atoms with Crippen LogP contribution in [0, 0.1) is 0 Å². The second kappa shape index (κ2) is 10.3. The predicted molar refractivity (Wildman–Crippen MR) is 146 cm³/mol. The Kier molecular flexibility index (Phi) is 6.70. The molecule has 6 rings (SSSR count). The van der Waals surface area contributed by atoms with Crippen molar-refractivity contribution in [2.24, 2.45) is 0 Å². The van der Waals surface area contributed by atoms with Gasteiger partial charge < -0.3 is 19.7 Å². The van der Waals surface area contributed by atoms with Gasteiger partial charge in [0.1, 0.15) is 5.82 Å². The quantitative estimate of drug-likeness (QED) is 0.393. The Morgan fingerprint density at radius 1 is 1.18 bits per heavy atom. The van der Waals surface area contributed by atoms with Crippen molar-refractivity contribution in [3.63, 3.8) is 0 Å². The third-order valence-electron chi connectivity index (χ3n) is 7.49. The number of carbonyl (C=O) groups excluding carboxylic acids is 1. The Balaban J connectivity index is 1.18. The molecular weight excluding hydrogens is 497 g/mol. The molecule has 8 nitrogen and oxygen atoms in total. The minimum atomic E-state index is -1.62. The molecule has 4 heterocycles. The Hall–Kier alpha value is -3.95. The van der Waals surface area contributed by atoms with E-state index >= 15 is 0 Å². The number of halogens is 1. The molecule has 2 aliphatic rings. The lowest BCUT2D eigenvalue weighted by Gasteiger charge is -2.29. The highest BCUT2D eigenvalue weighted by molar-refractivity contribution is 5.94. The monoisotopic (exact) mass is 527 g/mol. The van der Waals surface area contributed by atoms with Crippen molar-refractivity contribution in [3.05, 3.63) is 83.4 Å². The van der Waals surface area contributed by atoms with Crippen molar-refractivity contribution in [2.75, 3.05) is 31.7 Å². The van der Waals surface area contributed by atoms with Gasteiger partial charge in [0, 0.05) is 42.9 Å². The van der Waals surface area contributed by atoms with E-state index in [1.165, 1.54) is 6.92 Å². The highest BCUT2D eigenvalue weighted by Crippen LogP contribution is 2.34. The normalized spacial score (nSPS) is 20.7. The number of nitrogens with zero attached hydrogens (tertiary/aromatic N) is 4. The first-order valence-corrected chi connectivity index (χ1v) is 13.1. The van der Waals surface area contributed by atoms with Gasteiger partial charge >= 0.3 is 0 Å². The van der Waals surface area contributed by atoms with Crippen LogP contribution in [0.25, 0.3) is 22.0 Å². The van der Waals surface area contributed by atoms with Crippen LogP contribution in [-0.2, 0) is 28.3 Å². The lowest BCUT2D eigenvalue weighted by atomic mass is 9.90. The highest BCUT2D eigenvalue weighted by atomic mass is 19.1. The second-order valence-corrected chi connectivity index (χ2v) is 10.3. The van der Waals surface area contributed by atoms with E-state index in [1.54, 1.807) is 43.9 Å². The molecule has 1 amide bonds. The van der Waals surface area contributed by atoms with E-state index in [0.29, 0.717) is 17.7 Å². The van der Waals surface area contributed by atoms with E-state index in [-0.39, 0.29) is 25.2 Å². The van der Waals surface area contributed by atoms with Crippen LogP contribution in [0.4, 0.5) is 10.2 Å². The molecule has 2 aliphatic heterocycles. The number of fused-ring (bicyclic) bond motifs is 2. The first-order valence-electron chi connectivity index (χ1n) is 13.1. The van der Waals surface area contributed by atoms with E-state index in [0.717, 1.165) is 58.6 Å². The fraction of sp³-hybridized carbons (Fsp3) is 0.333. The summed E-state index contributed by atoms with van der Waals surface area (Å²) in [5.74, 6) is 0.563. The van der Waals surface area contributed by atoms with Gasteiger partial charge in [-0.05, 0) is 54.1 Å². The van der Waals surface area contributed by atoms with Crippen LogP contribution in [0.2, 0.25) is 0 Å². The summed E-state index contributed by atoms with van der Waals surface area (Å²) in [6.45, 7) is 3.75. The predicted octanol–water partition coefficient (Wildman–Crippen LogP) is 4.56. The molecule has 2 aromatic heterocycles. The standard InChI is InChI=1S/C30H30FN5O3/c1-30(31)18-39-17-22-6-4-20(11-26(22)30)29(37)34-13-24-10-23-9-19(3-5-21(23)12-33-24)27-14-32-15-28(35-27)36-8-7-25(16-36)38-2/h3-6,9-12,14-15,25H,7-8,13,16-18H2,1-2H3,(H,34,37)/t25-,30+/m0/s1. The summed E-state index contributed by atoms with van der Waals surface area (Å²) < 4.78 is 25.7. The van der Waals surface area contributed by atoms with Crippen molar-refractivity contribution in [1.82, 2.24) is 20.3 Å². The van der Waals surface area contributed by atoms with Crippen LogP contribution in [0.3, 0.4) is 0 Å². The summed E-state index contributed by atoms with van der Waals surface area (Å²) in [4.78, 5) is 28.9. The molecular formula is C30H30FN5O3. The van der Waals surface area contributed by atoms with Gasteiger partial charge in [0.25, 0.3) is 5.91 Å². The van der Waals surface area contributed by atoms with Crippen molar-refractivity contribution >= 4 is 22.5 Å². The van der Waals surface area contributed by atoms with Crippen LogP contribution in [-0.4, -0.2) is 53.8 Å². The van der Waals surface area contributed by atoms with Crippen LogP contribution in [0.5, 0.6) is 0 Å². The number of anilines is 1. The fourth-order valence-corrected chi connectivity index (χ4v) is 5.25. The minimum absolute atomic E-state index is 0.0174. The molecule has 9 heteroatoms. The lowest BCUT2D eigenvalue weighted by molar-refractivity contribution is -0.00467. The average Bonchev–Trinajstić information content (AvgIpc) is 3.45. The van der Waals surface area contributed by atoms with E-state index in [1.807, 2.05) is 18.2 Å². The Bertz CT molecular complexity index is 1540. The molecule has 2 aromatic carbocycles. The number of benzene rings is 2. The number of hydrogen-bond donors (Lipinski definition) is 1. The topological polar surface area (TPSA) is 89.5 Å². The number of pyridine rings is 1. The minimum Gasteiger partial charge on any atom is -0.380 e. The fourth-order valence-electron chi connectivity index (χ4n) is 5.25. The second-order valence-electron chi connectivity index (χ2n) is 10.3. The summed E-state index contributed by atoms with van der Waals surface area (Å²) >= 11 is 0. The Morgan fingerprint density at radius 3 is 2.92 bits per heavy atom. The van der Waals surface area contributed by atoms with E-state index in [2.05, 4.69) is 26.3 Å². The average molecular weight is 528 g/mol. The van der Waals surface area contributed by atoms with Gasteiger partial charge in [0.2, 0.25) is 0 Å². The van der Waals surface area contributed by atoms with Crippen LogP contribution in [0.1, 0.15) is 40.5 Å². The number of amides is 1. The third-order valence-corrected chi connectivity index (χ3v) is 7.49. The van der Waals surface area contributed by atoms with Gasteiger partial charge in [-0.2, -0.15) is 0 Å². The van der Waals surface area contributed by atoms with Gasteiger partial charge in [-0.25, -0.2) is 9.37 Å². The summed E-state index contributed by atoms with van der Waals surface area (Å²) in [7, 11) is 1.74. The summed E-state index contributed by atoms with van der Waals surface area (Å²) in [6.07, 6.45) is 6.54. The van der Waals surface area contributed by atoms with Crippen molar-refractivity contribution < 1.29 is 18.7 Å². The number of carbonyl (C=O) groups is 1. The maximum absolute atomic E-state index is 14.9. The molecule has 1 saturated heterocycles. The molecule has 200 valence electrons. The van der Waals surface area contributed by atoms with Gasteiger partial charge in [0.05, 0.1) is 49.6 Å². The first kappa shape index (κ1) is 25.3. The summed E-state index contributed by atoms with van der Waals surface area (Å²) in [5.41, 5.74) is 2.53. The molecule has 0 bridgehead atoms. The molecule has 0 aliphatic carbocycles. The molecule has 0 saturated carbocycles. The number of methoxy groups -OCH3 is 1. The van der Waals surface area contributed by atoms with Crippen molar-refractivity contribution in [3.8, 4) is 11.3 Å². The van der Waals surface area contributed by atoms with Crippen LogP contribution < -0.4 is 10.2 Å².